The van der Waals surface area contributed by atoms with E-state index in [2.05, 4.69) is 5.32 Å². The van der Waals surface area contributed by atoms with E-state index < -0.39 is 32.6 Å². The zero-order valence-corrected chi connectivity index (χ0v) is 16.5. The molecule has 4 nitrogen and oxygen atoms in total. The molecule has 8 heteroatoms. The number of carbonyl (C=O) groups excluding carboxylic acids is 1. The summed E-state index contributed by atoms with van der Waals surface area (Å²) in [5, 5.41) is 3.26. The van der Waals surface area contributed by atoms with Crippen molar-refractivity contribution in [2.75, 3.05) is 6.54 Å². The minimum absolute atomic E-state index is 0.0233. The average molecular weight is 421 g/mol. The average Bonchev–Trinajstić information content (AvgIpc) is 3.18. The highest BCUT2D eigenvalue weighted by Crippen LogP contribution is 2.32. The maximum atomic E-state index is 13.6. The van der Waals surface area contributed by atoms with Crippen LogP contribution >= 0.6 is 11.3 Å². The van der Waals surface area contributed by atoms with Gasteiger partial charge >= 0.3 is 0 Å². The topological polar surface area (TPSA) is 63.2 Å². The molecule has 0 saturated carbocycles. The van der Waals surface area contributed by atoms with E-state index in [4.69, 9.17) is 0 Å². The van der Waals surface area contributed by atoms with Crippen molar-refractivity contribution in [2.45, 2.75) is 17.1 Å². The molecule has 0 radical (unpaired) electrons. The fourth-order valence-electron chi connectivity index (χ4n) is 2.71. The summed E-state index contributed by atoms with van der Waals surface area (Å²) in [6, 6.07) is 12.1. The second kappa shape index (κ2) is 8.20. The molecule has 2 aromatic carbocycles. The van der Waals surface area contributed by atoms with Crippen molar-refractivity contribution in [1.29, 1.82) is 0 Å². The Labute approximate surface area is 165 Å². The number of hydrogen-bond donors (Lipinski definition) is 1. The predicted octanol–water partition coefficient (Wildman–Crippen LogP) is 4.28. The van der Waals surface area contributed by atoms with Gasteiger partial charge in [-0.3, -0.25) is 4.79 Å². The molecular formula is C20H17F2NO3S2. The Bertz CT molecular complexity index is 1100. The van der Waals surface area contributed by atoms with Crippen LogP contribution in [0.2, 0.25) is 0 Å². The third-order valence-corrected chi connectivity index (χ3v) is 7.44. The number of carbonyl (C=O) groups is 1. The first kappa shape index (κ1) is 20.2. The van der Waals surface area contributed by atoms with Gasteiger partial charge in [-0.05, 0) is 60.3 Å². The lowest BCUT2D eigenvalue weighted by Gasteiger charge is -2.18. The first-order chi connectivity index (χ1) is 13.3. The zero-order valence-electron chi connectivity index (χ0n) is 14.9. The molecule has 1 N–H and O–H groups in total. The van der Waals surface area contributed by atoms with Crippen LogP contribution in [-0.4, -0.2) is 20.9 Å². The van der Waals surface area contributed by atoms with Crippen molar-refractivity contribution in [3.63, 3.8) is 0 Å². The number of benzene rings is 2. The van der Waals surface area contributed by atoms with Gasteiger partial charge in [-0.1, -0.05) is 12.1 Å². The molecule has 28 heavy (non-hydrogen) atoms. The number of halogens is 2. The number of rotatable bonds is 6. The van der Waals surface area contributed by atoms with E-state index in [0.717, 1.165) is 12.1 Å². The minimum atomic E-state index is -3.89. The first-order valence-electron chi connectivity index (χ1n) is 8.36. The molecule has 146 valence electrons. The van der Waals surface area contributed by atoms with Crippen LogP contribution in [-0.2, 0) is 9.84 Å². The van der Waals surface area contributed by atoms with Gasteiger partial charge in [-0.2, -0.15) is 0 Å². The molecule has 0 bridgehead atoms. The maximum absolute atomic E-state index is 13.6. The van der Waals surface area contributed by atoms with Crippen molar-refractivity contribution in [1.82, 2.24) is 5.32 Å². The lowest BCUT2D eigenvalue weighted by Crippen LogP contribution is -2.31. The number of hydrogen-bond acceptors (Lipinski definition) is 4. The number of aryl methyl sites for hydroxylation is 1. The fourth-order valence-corrected chi connectivity index (χ4v) is 5.58. The van der Waals surface area contributed by atoms with Gasteiger partial charge in [0.15, 0.2) is 9.84 Å². The molecule has 1 amide bonds. The summed E-state index contributed by atoms with van der Waals surface area (Å²) >= 11 is 1.25. The van der Waals surface area contributed by atoms with E-state index in [1.807, 2.05) is 0 Å². The van der Waals surface area contributed by atoms with Crippen LogP contribution in [0.25, 0.3) is 0 Å². The van der Waals surface area contributed by atoms with Crippen molar-refractivity contribution in [2.24, 2.45) is 0 Å². The van der Waals surface area contributed by atoms with E-state index in [0.29, 0.717) is 4.88 Å². The van der Waals surface area contributed by atoms with E-state index in [-0.39, 0.29) is 22.6 Å². The second-order valence-corrected chi connectivity index (χ2v) is 9.29. The maximum Gasteiger partial charge on any atom is 0.251 e. The Hall–Kier alpha value is -2.58. The molecule has 0 spiro atoms. The molecule has 3 aromatic rings. The molecule has 3 rings (SSSR count). The first-order valence-corrected chi connectivity index (χ1v) is 10.8. The van der Waals surface area contributed by atoms with Crippen LogP contribution in [0.3, 0.4) is 0 Å². The summed E-state index contributed by atoms with van der Waals surface area (Å²) in [5.41, 5.74) is 0.315. The highest BCUT2D eigenvalue weighted by Gasteiger charge is 2.31. The van der Waals surface area contributed by atoms with Crippen LogP contribution in [0, 0.1) is 18.6 Å². The van der Waals surface area contributed by atoms with E-state index in [1.165, 1.54) is 48.6 Å². The lowest BCUT2D eigenvalue weighted by atomic mass is 10.2. The summed E-state index contributed by atoms with van der Waals surface area (Å²) in [6.45, 7) is 1.29. The summed E-state index contributed by atoms with van der Waals surface area (Å²) in [4.78, 5) is 12.8. The highest BCUT2D eigenvalue weighted by atomic mass is 32.2. The van der Waals surface area contributed by atoms with Crippen molar-refractivity contribution >= 4 is 27.1 Å². The van der Waals surface area contributed by atoms with Gasteiger partial charge in [0.1, 0.15) is 16.9 Å². The Morgan fingerprint density at radius 2 is 1.89 bits per heavy atom. The molecule has 0 fully saturated rings. The van der Waals surface area contributed by atoms with Crippen LogP contribution < -0.4 is 5.32 Å². The minimum Gasteiger partial charge on any atom is -0.350 e. The Kier molecular flexibility index (Phi) is 5.90. The number of nitrogens with one attached hydrogen (secondary N) is 1. The van der Waals surface area contributed by atoms with Gasteiger partial charge in [0.2, 0.25) is 0 Å². The largest absolute Gasteiger partial charge is 0.350 e. The molecule has 1 heterocycles. The van der Waals surface area contributed by atoms with Gasteiger partial charge in [0.05, 0.1) is 4.90 Å². The lowest BCUT2D eigenvalue weighted by molar-refractivity contribution is 0.0953. The molecule has 0 unspecified atom stereocenters. The zero-order chi connectivity index (χ0) is 20.3. The van der Waals surface area contributed by atoms with Crippen molar-refractivity contribution in [3.05, 3.63) is 87.6 Å². The molecule has 0 saturated heterocycles. The third kappa shape index (κ3) is 4.28. The molecule has 1 aromatic heterocycles. The van der Waals surface area contributed by atoms with Crippen LogP contribution in [0.15, 0.2) is 64.9 Å². The van der Waals surface area contributed by atoms with Crippen LogP contribution in [0.4, 0.5) is 8.78 Å². The number of thiophene rings is 1. The van der Waals surface area contributed by atoms with Gasteiger partial charge in [0, 0.05) is 17.0 Å². The monoisotopic (exact) mass is 421 g/mol. The van der Waals surface area contributed by atoms with Crippen molar-refractivity contribution < 1.29 is 22.0 Å². The standard InChI is InChI=1S/C20H17F2NO3S2/c1-13-10-16(7-8-17(13)22)28(25,26)19(18-6-3-9-27-18)12-23-20(24)14-4-2-5-15(21)11-14/h2-11,19H,12H2,1H3,(H,23,24)/t19-/m1/s1. The molecule has 0 aliphatic heterocycles. The summed E-state index contributed by atoms with van der Waals surface area (Å²) in [7, 11) is -3.89. The summed E-state index contributed by atoms with van der Waals surface area (Å²) in [5.74, 6) is -1.63. The highest BCUT2D eigenvalue weighted by molar-refractivity contribution is 7.91. The van der Waals surface area contributed by atoms with Crippen LogP contribution in [0.1, 0.15) is 26.0 Å². The molecule has 1 atom stereocenters. The Morgan fingerprint density at radius 1 is 1.11 bits per heavy atom. The molecular weight excluding hydrogens is 404 g/mol. The van der Waals surface area contributed by atoms with Crippen LogP contribution in [0.5, 0.6) is 0 Å². The normalized spacial score (nSPS) is 12.5. The van der Waals surface area contributed by atoms with Gasteiger partial charge < -0.3 is 5.32 Å². The van der Waals surface area contributed by atoms with E-state index in [1.54, 1.807) is 17.5 Å². The van der Waals surface area contributed by atoms with E-state index >= 15 is 0 Å². The third-order valence-electron chi connectivity index (χ3n) is 4.23. The number of sulfone groups is 1. The SMILES string of the molecule is Cc1cc(S(=O)(=O)[C@H](CNC(=O)c2cccc(F)c2)c2cccs2)ccc1F. The second-order valence-electron chi connectivity index (χ2n) is 6.18. The van der Waals surface area contributed by atoms with Crippen molar-refractivity contribution in [3.8, 4) is 0 Å². The Morgan fingerprint density at radius 3 is 2.54 bits per heavy atom. The summed E-state index contributed by atoms with van der Waals surface area (Å²) < 4.78 is 53.2. The van der Waals surface area contributed by atoms with Gasteiger partial charge in [-0.15, -0.1) is 11.3 Å². The Balaban J connectivity index is 1.89. The quantitative estimate of drug-likeness (QED) is 0.605. The predicted molar refractivity (Wildman–Crippen MR) is 104 cm³/mol. The van der Waals surface area contributed by atoms with Gasteiger partial charge in [0.25, 0.3) is 5.91 Å². The fraction of sp³-hybridized carbons (Fsp3) is 0.150. The smallest absolute Gasteiger partial charge is 0.251 e. The number of amides is 1. The molecule has 0 aliphatic carbocycles. The van der Waals surface area contributed by atoms with Gasteiger partial charge in [-0.25, -0.2) is 17.2 Å². The van der Waals surface area contributed by atoms with E-state index in [9.17, 15) is 22.0 Å². The molecule has 0 aliphatic rings. The summed E-state index contributed by atoms with van der Waals surface area (Å²) in [6.07, 6.45) is 0.